The molecule has 1 heterocycles. The van der Waals surface area contributed by atoms with Gasteiger partial charge in [-0.25, -0.2) is 4.79 Å². The molecule has 0 N–H and O–H groups in total. The normalized spacial score (nSPS) is 10.0. The Morgan fingerprint density at radius 1 is 1.35 bits per heavy atom. The fourth-order valence-corrected chi connectivity index (χ4v) is 1.63. The van der Waals surface area contributed by atoms with Crippen molar-refractivity contribution in [3.05, 3.63) is 41.7 Å². The van der Waals surface area contributed by atoms with Gasteiger partial charge in [0.2, 0.25) is 0 Å². The lowest BCUT2D eigenvalue weighted by Crippen LogP contribution is -2.09. The average Bonchev–Trinajstić information content (AvgIpc) is 2.86. The maximum absolute atomic E-state index is 11.9. The molecular weight excluding hydrogens is 256 g/mol. The number of nitrogens with zero attached hydrogens (tertiary/aromatic N) is 4. The van der Waals surface area contributed by atoms with E-state index in [1.165, 1.54) is 4.80 Å². The maximum Gasteiger partial charge on any atom is 0.360 e. The molecule has 0 saturated carbocycles. The zero-order valence-electron chi connectivity index (χ0n) is 11.1. The number of carbonyl (C=O) groups excluding carboxylic acids is 1. The lowest BCUT2D eigenvalue weighted by Gasteiger charge is -2.00. The Morgan fingerprint density at radius 2 is 2.10 bits per heavy atom. The molecule has 2 aromatic rings. The van der Waals surface area contributed by atoms with Crippen LogP contribution >= 0.6 is 0 Å². The quantitative estimate of drug-likeness (QED) is 0.613. The molecule has 0 amide bonds. The first-order chi connectivity index (χ1) is 9.72. The van der Waals surface area contributed by atoms with Gasteiger partial charge in [-0.15, -0.1) is 5.10 Å². The third-order valence-corrected chi connectivity index (χ3v) is 2.63. The van der Waals surface area contributed by atoms with Crippen molar-refractivity contribution in [2.75, 3.05) is 6.61 Å². The van der Waals surface area contributed by atoms with E-state index in [-0.39, 0.29) is 12.3 Å². The van der Waals surface area contributed by atoms with E-state index in [9.17, 15) is 4.79 Å². The monoisotopic (exact) mass is 270 g/mol. The van der Waals surface area contributed by atoms with Gasteiger partial charge in [0.1, 0.15) is 0 Å². The summed E-state index contributed by atoms with van der Waals surface area (Å²) in [5, 5.41) is 16.7. The van der Waals surface area contributed by atoms with E-state index in [1.807, 2.05) is 36.4 Å². The number of hydrogen-bond acceptors (Lipinski definition) is 5. The van der Waals surface area contributed by atoms with Crippen molar-refractivity contribution in [3.8, 4) is 11.8 Å². The third-order valence-electron chi connectivity index (χ3n) is 2.63. The summed E-state index contributed by atoms with van der Waals surface area (Å²) in [6.07, 6.45) is 0.886. The molecule has 6 nitrogen and oxygen atoms in total. The van der Waals surface area contributed by atoms with Gasteiger partial charge >= 0.3 is 5.97 Å². The number of ether oxygens (including phenoxy) is 1. The van der Waals surface area contributed by atoms with E-state index in [1.54, 1.807) is 6.92 Å². The third kappa shape index (κ3) is 3.20. The van der Waals surface area contributed by atoms with Gasteiger partial charge in [0.15, 0.2) is 5.69 Å². The van der Waals surface area contributed by atoms with Gasteiger partial charge in [-0.2, -0.15) is 15.2 Å². The van der Waals surface area contributed by atoms with Crippen LogP contribution in [0.4, 0.5) is 0 Å². The minimum absolute atomic E-state index is 0.200. The number of rotatable bonds is 5. The van der Waals surface area contributed by atoms with Crippen LogP contribution in [0.1, 0.15) is 29.0 Å². The smallest absolute Gasteiger partial charge is 0.360 e. The first-order valence-corrected chi connectivity index (χ1v) is 6.26. The number of unbranched alkanes of at least 4 members (excludes halogenated alkanes) is 1. The van der Waals surface area contributed by atoms with E-state index in [4.69, 9.17) is 10.00 Å². The van der Waals surface area contributed by atoms with Crippen molar-refractivity contribution in [1.82, 2.24) is 15.0 Å². The molecule has 0 radical (unpaired) electrons. The maximum atomic E-state index is 11.9. The van der Waals surface area contributed by atoms with E-state index in [2.05, 4.69) is 10.2 Å². The van der Waals surface area contributed by atoms with E-state index < -0.39 is 5.97 Å². The second kappa shape index (κ2) is 6.48. The summed E-state index contributed by atoms with van der Waals surface area (Å²) in [5.41, 5.74) is 1.49. The minimum atomic E-state index is -0.511. The number of aryl methyl sites for hydroxylation is 1. The number of nitriles is 1. The summed E-state index contributed by atoms with van der Waals surface area (Å²) in [4.78, 5) is 13.3. The number of hydrogen-bond donors (Lipinski definition) is 0. The van der Waals surface area contributed by atoms with Gasteiger partial charge in [-0.05, 0) is 25.5 Å². The van der Waals surface area contributed by atoms with E-state index >= 15 is 0 Å². The molecule has 0 aliphatic carbocycles. The van der Waals surface area contributed by atoms with Crippen molar-refractivity contribution in [2.24, 2.45) is 0 Å². The fourth-order valence-electron chi connectivity index (χ4n) is 1.63. The Bertz CT molecular complexity index is 628. The summed E-state index contributed by atoms with van der Waals surface area (Å²) >= 11 is 0. The predicted octanol–water partition coefficient (Wildman–Crippen LogP) is 2.04. The van der Waals surface area contributed by atoms with Crippen LogP contribution in [0.2, 0.25) is 0 Å². The molecular formula is C14H14N4O2. The number of benzene rings is 1. The Hall–Kier alpha value is -2.68. The molecule has 1 aromatic heterocycles. The predicted molar refractivity (Wildman–Crippen MR) is 71.2 cm³/mol. The van der Waals surface area contributed by atoms with Gasteiger partial charge in [0.25, 0.3) is 0 Å². The molecule has 0 spiro atoms. The average molecular weight is 270 g/mol. The van der Waals surface area contributed by atoms with Crippen LogP contribution in [0, 0.1) is 18.3 Å². The van der Waals surface area contributed by atoms with Crippen molar-refractivity contribution < 1.29 is 9.53 Å². The second-order valence-electron chi connectivity index (χ2n) is 4.16. The molecule has 2 rings (SSSR count). The highest BCUT2D eigenvalue weighted by Crippen LogP contribution is 2.09. The van der Waals surface area contributed by atoms with Crippen molar-refractivity contribution in [3.63, 3.8) is 0 Å². The molecule has 0 fully saturated rings. The molecule has 0 unspecified atom stereocenters. The van der Waals surface area contributed by atoms with Gasteiger partial charge in [0.05, 0.1) is 24.1 Å². The molecule has 1 aromatic carbocycles. The van der Waals surface area contributed by atoms with Crippen LogP contribution in [0.15, 0.2) is 30.3 Å². The highest BCUT2D eigenvalue weighted by Gasteiger charge is 2.17. The van der Waals surface area contributed by atoms with E-state index in [0.717, 1.165) is 5.69 Å². The highest BCUT2D eigenvalue weighted by molar-refractivity contribution is 5.88. The highest BCUT2D eigenvalue weighted by atomic mass is 16.5. The summed E-state index contributed by atoms with van der Waals surface area (Å²) in [6, 6.07) is 11.3. The van der Waals surface area contributed by atoms with Crippen molar-refractivity contribution in [1.29, 1.82) is 5.26 Å². The Kier molecular flexibility index (Phi) is 4.45. The first kappa shape index (κ1) is 13.7. The van der Waals surface area contributed by atoms with Gasteiger partial charge in [-0.1, -0.05) is 18.2 Å². The lowest BCUT2D eigenvalue weighted by molar-refractivity contribution is 0.0493. The van der Waals surface area contributed by atoms with Gasteiger partial charge in [0, 0.05) is 6.42 Å². The number of aromatic nitrogens is 3. The standard InChI is InChI=1S/C14H14N4O2/c1-11-13(14(19)20-10-6-5-9-15)17-18(16-11)12-7-3-2-4-8-12/h2-4,7-8H,5-6,10H2,1H3. The Morgan fingerprint density at radius 3 is 2.80 bits per heavy atom. The fraction of sp³-hybridized carbons (Fsp3) is 0.286. The molecule has 0 atom stereocenters. The van der Waals surface area contributed by atoms with Crippen LogP contribution in [0.5, 0.6) is 0 Å². The lowest BCUT2D eigenvalue weighted by atomic mass is 10.3. The summed E-state index contributed by atoms with van der Waals surface area (Å²) in [7, 11) is 0. The Balaban J connectivity index is 2.08. The second-order valence-corrected chi connectivity index (χ2v) is 4.16. The number of esters is 1. The summed E-state index contributed by atoms with van der Waals surface area (Å²) in [5.74, 6) is -0.511. The van der Waals surface area contributed by atoms with Crippen LogP contribution in [-0.4, -0.2) is 27.6 Å². The van der Waals surface area contributed by atoms with Gasteiger partial charge < -0.3 is 4.74 Å². The largest absolute Gasteiger partial charge is 0.461 e. The zero-order valence-corrected chi connectivity index (χ0v) is 11.1. The SMILES string of the molecule is Cc1nn(-c2ccccc2)nc1C(=O)OCCCC#N. The molecule has 20 heavy (non-hydrogen) atoms. The van der Waals surface area contributed by atoms with Crippen molar-refractivity contribution in [2.45, 2.75) is 19.8 Å². The van der Waals surface area contributed by atoms with E-state index in [0.29, 0.717) is 18.5 Å². The van der Waals surface area contributed by atoms with Crippen LogP contribution in [-0.2, 0) is 4.74 Å². The zero-order chi connectivity index (χ0) is 14.4. The van der Waals surface area contributed by atoms with Crippen molar-refractivity contribution >= 4 is 5.97 Å². The molecule has 0 aliphatic rings. The molecule has 6 heteroatoms. The first-order valence-electron chi connectivity index (χ1n) is 6.26. The van der Waals surface area contributed by atoms with Gasteiger partial charge in [-0.3, -0.25) is 0 Å². The van der Waals surface area contributed by atoms with Crippen LogP contribution in [0.25, 0.3) is 5.69 Å². The topological polar surface area (TPSA) is 80.8 Å². The molecule has 0 aliphatic heterocycles. The van der Waals surface area contributed by atoms with Crippen LogP contribution in [0.3, 0.4) is 0 Å². The molecule has 102 valence electrons. The molecule has 0 bridgehead atoms. The summed E-state index contributed by atoms with van der Waals surface area (Å²) < 4.78 is 5.05. The summed E-state index contributed by atoms with van der Waals surface area (Å²) in [6.45, 7) is 1.92. The number of carbonyl (C=O) groups is 1. The molecule has 0 saturated heterocycles. The van der Waals surface area contributed by atoms with Crippen LogP contribution < -0.4 is 0 Å². The Labute approximate surface area is 116 Å². The minimum Gasteiger partial charge on any atom is -0.461 e. The number of para-hydroxylation sites is 1.